The van der Waals surface area contributed by atoms with Gasteiger partial charge in [0.15, 0.2) is 0 Å². The largest absolute Gasteiger partial charge is 0.396 e. The maximum absolute atomic E-state index is 12.5. The van der Waals surface area contributed by atoms with E-state index in [1.54, 1.807) is 11.0 Å². The summed E-state index contributed by atoms with van der Waals surface area (Å²) in [7, 11) is 0. The number of aliphatic hydroxyl groups excluding tert-OH is 2. The first-order valence-corrected chi connectivity index (χ1v) is 6.74. The first-order valence-electron chi connectivity index (χ1n) is 6.74. The van der Waals surface area contributed by atoms with Gasteiger partial charge in [0.2, 0.25) is 0 Å². The van der Waals surface area contributed by atoms with Crippen LogP contribution in [0.1, 0.15) is 34.8 Å². The second kappa shape index (κ2) is 8.36. The van der Waals surface area contributed by atoms with E-state index in [4.69, 9.17) is 10.2 Å². The minimum Gasteiger partial charge on any atom is -0.396 e. The van der Waals surface area contributed by atoms with Crippen LogP contribution in [0.4, 0.5) is 0 Å². The van der Waals surface area contributed by atoms with Crippen molar-refractivity contribution in [1.82, 2.24) is 4.90 Å². The van der Waals surface area contributed by atoms with Crippen LogP contribution in [0.2, 0.25) is 0 Å². The van der Waals surface area contributed by atoms with E-state index in [9.17, 15) is 4.79 Å². The number of carbonyl (C=O) groups is 1. The Morgan fingerprint density at radius 1 is 1.35 bits per heavy atom. The van der Waals surface area contributed by atoms with E-state index < -0.39 is 0 Å². The summed E-state index contributed by atoms with van der Waals surface area (Å²) in [4.78, 5) is 14.2. The van der Waals surface area contributed by atoms with E-state index >= 15 is 0 Å². The zero-order valence-electron chi connectivity index (χ0n) is 12.0. The third kappa shape index (κ3) is 4.37. The zero-order valence-corrected chi connectivity index (χ0v) is 12.0. The smallest absolute Gasteiger partial charge is 0.255 e. The third-order valence-electron chi connectivity index (χ3n) is 2.96. The molecule has 0 radical (unpaired) electrons. The van der Waals surface area contributed by atoms with Crippen molar-refractivity contribution in [3.8, 4) is 11.8 Å². The summed E-state index contributed by atoms with van der Waals surface area (Å²) in [6, 6.07) is 5.50. The number of hydrogen-bond donors (Lipinski definition) is 2. The Kier molecular flexibility index (Phi) is 6.78. The molecule has 0 aliphatic rings. The van der Waals surface area contributed by atoms with Gasteiger partial charge in [-0.15, -0.1) is 0 Å². The van der Waals surface area contributed by atoms with Crippen LogP contribution in [0.15, 0.2) is 18.2 Å². The fourth-order valence-electron chi connectivity index (χ4n) is 1.91. The number of rotatable bonds is 5. The van der Waals surface area contributed by atoms with Gasteiger partial charge in [0.1, 0.15) is 6.61 Å². The zero-order chi connectivity index (χ0) is 15.0. The van der Waals surface area contributed by atoms with Crippen LogP contribution in [-0.4, -0.2) is 47.3 Å². The summed E-state index contributed by atoms with van der Waals surface area (Å²) in [5, 5.41) is 17.7. The van der Waals surface area contributed by atoms with E-state index in [1.807, 2.05) is 26.0 Å². The molecule has 0 saturated carbocycles. The Bertz CT molecular complexity index is 514. The molecule has 1 aromatic carbocycles. The molecule has 1 aromatic rings. The second-order valence-electron chi connectivity index (χ2n) is 4.47. The summed E-state index contributed by atoms with van der Waals surface area (Å²) in [5.41, 5.74) is 2.16. The average Bonchev–Trinajstić information content (AvgIpc) is 2.46. The first kappa shape index (κ1) is 16.2. The lowest BCUT2D eigenvalue weighted by molar-refractivity contribution is 0.0754. The van der Waals surface area contributed by atoms with E-state index in [2.05, 4.69) is 11.8 Å². The Morgan fingerprint density at radius 3 is 2.70 bits per heavy atom. The molecule has 0 aliphatic carbocycles. The quantitative estimate of drug-likeness (QED) is 0.793. The van der Waals surface area contributed by atoms with E-state index in [-0.39, 0.29) is 19.1 Å². The Hall–Kier alpha value is -1.83. The normalized spacial score (nSPS) is 9.80. The molecular weight excluding hydrogens is 254 g/mol. The molecule has 0 fully saturated rings. The fraction of sp³-hybridized carbons (Fsp3) is 0.438. The number of nitrogens with zero attached hydrogens (tertiary/aromatic N) is 1. The van der Waals surface area contributed by atoms with Crippen LogP contribution in [0.5, 0.6) is 0 Å². The number of benzene rings is 1. The van der Waals surface area contributed by atoms with Gasteiger partial charge in [-0.25, -0.2) is 0 Å². The molecular formula is C16H21NO3. The second-order valence-corrected chi connectivity index (χ2v) is 4.47. The molecule has 1 amide bonds. The average molecular weight is 275 g/mol. The molecule has 1 rings (SSSR count). The molecule has 0 saturated heterocycles. The van der Waals surface area contributed by atoms with Gasteiger partial charge in [0, 0.05) is 25.3 Å². The molecule has 4 heteroatoms. The van der Waals surface area contributed by atoms with Crippen LogP contribution in [-0.2, 0) is 0 Å². The van der Waals surface area contributed by atoms with Crippen molar-refractivity contribution in [2.75, 3.05) is 26.3 Å². The number of carbonyl (C=O) groups excluding carboxylic acids is 1. The van der Waals surface area contributed by atoms with Gasteiger partial charge in [-0.2, -0.15) is 0 Å². The fourth-order valence-corrected chi connectivity index (χ4v) is 1.91. The van der Waals surface area contributed by atoms with Gasteiger partial charge < -0.3 is 15.1 Å². The van der Waals surface area contributed by atoms with Gasteiger partial charge in [0.05, 0.1) is 5.56 Å². The molecule has 0 atom stereocenters. The van der Waals surface area contributed by atoms with Crippen molar-refractivity contribution in [3.05, 3.63) is 34.9 Å². The number of hydrogen-bond acceptors (Lipinski definition) is 3. The summed E-state index contributed by atoms with van der Waals surface area (Å²) in [6.45, 7) is 4.76. The summed E-state index contributed by atoms with van der Waals surface area (Å²) >= 11 is 0. The molecule has 0 spiro atoms. The van der Waals surface area contributed by atoms with Gasteiger partial charge in [-0.3, -0.25) is 4.79 Å². The van der Waals surface area contributed by atoms with Crippen molar-refractivity contribution in [1.29, 1.82) is 0 Å². The molecule has 0 aliphatic heterocycles. The van der Waals surface area contributed by atoms with Gasteiger partial charge in [-0.1, -0.05) is 23.5 Å². The highest BCUT2D eigenvalue weighted by Gasteiger charge is 2.16. The van der Waals surface area contributed by atoms with E-state index in [0.717, 1.165) is 5.56 Å². The molecule has 2 N–H and O–H groups in total. The van der Waals surface area contributed by atoms with Gasteiger partial charge >= 0.3 is 0 Å². The van der Waals surface area contributed by atoms with Crippen molar-refractivity contribution < 1.29 is 15.0 Å². The Labute approximate surface area is 120 Å². The maximum Gasteiger partial charge on any atom is 0.255 e. The number of aryl methyl sites for hydroxylation is 1. The monoisotopic (exact) mass is 275 g/mol. The van der Waals surface area contributed by atoms with Crippen molar-refractivity contribution in [3.63, 3.8) is 0 Å². The lowest BCUT2D eigenvalue weighted by Gasteiger charge is -2.21. The van der Waals surface area contributed by atoms with Crippen molar-refractivity contribution in [2.45, 2.75) is 20.3 Å². The SMILES string of the molecule is CCN(CCCO)C(=O)c1cc(C)ccc1C#CCO. The summed E-state index contributed by atoms with van der Waals surface area (Å²) in [6.07, 6.45) is 0.559. The molecule has 20 heavy (non-hydrogen) atoms. The van der Waals surface area contributed by atoms with Crippen LogP contribution >= 0.6 is 0 Å². The lowest BCUT2D eigenvalue weighted by atomic mass is 10.0. The molecule has 108 valence electrons. The first-order chi connectivity index (χ1) is 9.63. The molecule has 0 heterocycles. The van der Waals surface area contributed by atoms with E-state index in [0.29, 0.717) is 30.6 Å². The van der Waals surface area contributed by atoms with Gasteiger partial charge in [-0.05, 0) is 32.4 Å². The standard InChI is InChI=1S/C16H21NO3/c1-3-17(9-5-11-19)16(20)15-12-13(2)7-8-14(15)6-4-10-18/h7-8,12,18-19H,3,5,9-11H2,1-2H3. The predicted molar refractivity (Wildman–Crippen MR) is 78.4 cm³/mol. The summed E-state index contributed by atoms with van der Waals surface area (Å²) in [5.74, 6) is 5.29. The summed E-state index contributed by atoms with van der Waals surface area (Å²) < 4.78 is 0. The molecule has 0 bridgehead atoms. The predicted octanol–water partition coefficient (Wildman–Crippen LogP) is 1.18. The van der Waals surface area contributed by atoms with Crippen LogP contribution in [0.25, 0.3) is 0 Å². The minimum atomic E-state index is -0.233. The van der Waals surface area contributed by atoms with Crippen molar-refractivity contribution >= 4 is 5.91 Å². The highest BCUT2D eigenvalue weighted by Crippen LogP contribution is 2.14. The number of aliphatic hydroxyl groups is 2. The maximum atomic E-state index is 12.5. The highest BCUT2D eigenvalue weighted by molar-refractivity contribution is 5.97. The van der Waals surface area contributed by atoms with Crippen LogP contribution in [0, 0.1) is 18.8 Å². The van der Waals surface area contributed by atoms with Crippen LogP contribution in [0.3, 0.4) is 0 Å². The van der Waals surface area contributed by atoms with E-state index in [1.165, 1.54) is 0 Å². The van der Waals surface area contributed by atoms with Crippen LogP contribution < -0.4 is 0 Å². The topological polar surface area (TPSA) is 60.8 Å². The highest BCUT2D eigenvalue weighted by atomic mass is 16.3. The van der Waals surface area contributed by atoms with Crippen molar-refractivity contribution in [2.24, 2.45) is 0 Å². The molecule has 4 nitrogen and oxygen atoms in total. The Morgan fingerprint density at radius 2 is 2.10 bits per heavy atom. The third-order valence-corrected chi connectivity index (χ3v) is 2.96. The van der Waals surface area contributed by atoms with Gasteiger partial charge in [0.25, 0.3) is 5.91 Å². The number of amides is 1. The molecule has 0 aromatic heterocycles. The Balaban J connectivity index is 3.08. The molecule has 0 unspecified atom stereocenters. The lowest BCUT2D eigenvalue weighted by Crippen LogP contribution is -2.32. The minimum absolute atomic E-state index is 0.0643.